The number of carbonyl (C=O) groups excluding carboxylic acids is 1. The van der Waals surface area contributed by atoms with E-state index in [1.165, 1.54) is 18.4 Å². The molecule has 0 aliphatic heterocycles. The average molecular weight is 608 g/mol. The van der Waals surface area contributed by atoms with Crippen LogP contribution in [0.5, 0.6) is 0 Å². The summed E-state index contributed by atoms with van der Waals surface area (Å²) in [7, 11) is 1.38. The number of imidazole rings is 1. The van der Waals surface area contributed by atoms with Crippen LogP contribution in [0.3, 0.4) is 0 Å². The van der Waals surface area contributed by atoms with Crippen molar-refractivity contribution in [1.82, 2.24) is 20.1 Å². The van der Waals surface area contributed by atoms with Gasteiger partial charge in [-0.2, -0.15) is 4.98 Å². The highest BCUT2D eigenvalue weighted by atomic mass is 35.6. The van der Waals surface area contributed by atoms with Gasteiger partial charge in [0.05, 0.1) is 12.6 Å². The molecule has 0 spiro atoms. The van der Waals surface area contributed by atoms with Crippen molar-refractivity contribution in [1.29, 1.82) is 0 Å². The minimum atomic E-state index is -1.83. The van der Waals surface area contributed by atoms with Gasteiger partial charge in [-0.1, -0.05) is 114 Å². The zero-order chi connectivity index (χ0) is 27.0. The number of hydrogen-bond donors (Lipinski definition) is 1. The second-order valence-corrected chi connectivity index (χ2v) is 12.8. The standard InChI is InChI=1S/C26H21Cl3N4O3S2/c1-4-37-25-30-18-19(31-25)21(23(34)35-3)38-20(18)13(2)14-9-5-6-10-15(14)16-11-7-8-12-17(16)22-32-24(36-33-22)26(27,28)29/h5-13H,4H2,1-3H3,(H,30,31). The Morgan fingerprint density at radius 1 is 1.11 bits per heavy atom. The quantitative estimate of drug-likeness (QED) is 0.113. The van der Waals surface area contributed by atoms with Crippen molar-refractivity contribution in [3.8, 4) is 22.5 Å². The molecule has 38 heavy (non-hydrogen) atoms. The fraction of sp³-hybridized carbons (Fsp3) is 0.231. The predicted octanol–water partition coefficient (Wildman–Crippen LogP) is 8.22. The zero-order valence-electron chi connectivity index (χ0n) is 20.4. The number of hydrogen-bond acceptors (Lipinski definition) is 8. The van der Waals surface area contributed by atoms with E-state index in [9.17, 15) is 4.79 Å². The number of carbonyl (C=O) groups is 1. The fourth-order valence-electron chi connectivity index (χ4n) is 4.26. The molecule has 0 radical (unpaired) electrons. The lowest BCUT2D eigenvalue weighted by atomic mass is 9.88. The topological polar surface area (TPSA) is 93.9 Å². The Morgan fingerprint density at radius 3 is 2.45 bits per heavy atom. The van der Waals surface area contributed by atoms with Crippen molar-refractivity contribution in [3.63, 3.8) is 0 Å². The Balaban J connectivity index is 1.64. The number of benzene rings is 2. The minimum Gasteiger partial charge on any atom is -0.465 e. The van der Waals surface area contributed by atoms with Gasteiger partial charge in [0.2, 0.25) is 5.82 Å². The van der Waals surface area contributed by atoms with Gasteiger partial charge in [0, 0.05) is 16.4 Å². The molecule has 1 atom stereocenters. The van der Waals surface area contributed by atoms with Crippen molar-refractivity contribution in [2.45, 2.75) is 28.7 Å². The molecule has 1 N–H and O–H groups in total. The molecule has 5 rings (SSSR count). The van der Waals surface area contributed by atoms with E-state index >= 15 is 0 Å². The molecule has 0 saturated heterocycles. The second-order valence-electron chi connectivity index (χ2n) is 8.26. The summed E-state index contributed by atoms with van der Waals surface area (Å²) in [6.07, 6.45) is 0. The molecule has 0 fully saturated rings. The number of ether oxygens (including phenoxy) is 1. The number of H-pyrrole nitrogens is 1. The van der Waals surface area contributed by atoms with E-state index in [1.807, 2.05) is 42.5 Å². The molecule has 0 saturated carbocycles. The summed E-state index contributed by atoms with van der Waals surface area (Å²) in [5.74, 6) is 0.563. The summed E-state index contributed by atoms with van der Waals surface area (Å²) in [4.78, 5) is 26.5. The van der Waals surface area contributed by atoms with Crippen LogP contribution in [0.25, 0.3) is 33.5 Å². The number of halogens is 3. The van der Waals surface area contributed by atoms with Gasteiger partial charge >= 0.3 is 5.97 Å². The number of alkyl halides is 3. The molecule has 0 aliphatic carbocycles. The van der Waals surface area contributed by atoms with Crippen LogP contribution in [0, 0.1) is 0 Å². The Labute approximate surface area is 241 Å². The molecule has 7 nitrogen and oxygen atoms in total. The highest BCUT2D eigenvalue weighted by Crippen LogP contribution is 2.44. The number of methoxy groups -OCH3 is 1. The molecule has 3 heterocycles. The maximum atomic E-state index is 12.6. The van der Waals surface area contributed by atoms with Gasteiger partial charge < -0.3 is 14.2 Å². The number of thioether (sulfide) groups is 1. The number of aromatic amines is 1. The average Bonchev–Trinajstić information content (AvgIpc) is 3.64. The molecule has 3 aromatic heterocycles. The van der Waals surface area contributed by atoms with Gasteiger partial charge in [0.1, 0.15) is 10.4 Å². The van der Waals surface area contributed by atoms with Crippen LogP contribution in [0.2, 0.25) is 0 Å². The third-order valence-corrected chi connectivity index (χ3v) is 8.54. The monoisotopic (exact) mass is 606 g/mol. The normalized spacial score (nSPS) is 12.7. The molecule has 12 heteroatoms. The van der Waals surface area contributed by atoms with Crippen molar-refractivity contribution in [2.24, 2.45) is 0 Å². The van der Waals surface area contributed by atoms with E-state index in [1.54, 1.807) is 11.8 Å². The zero-order valence-corrected chi connectivity index (χ0v) is 24.3. The maximum Gasteiger partial charge on any atom is 0.350 e. The molecule has 196 valence electrons. The molecule has 5 aromatic rings. The van der Waals surface area contributed by atoms with Crippen LogP contribution in [0.1, 0.15) is 45.8 Å². The highest BCUT2D eigenvalue weighted by molar-refractivity contribution is 7.99. The lowest BCUT2D eigenvalue weighted by molar-refractivity contribution is 0.0608. The first-order valence-corrected chi connectivity index (χ1v) is 14.5. The van der Waals surface area contributed by atoms with Crippen LogP contribution < -0.4 is 0 Å². The number of thiophene rings is 1. The highest BCUT2D eigenvalue weighted by Gasteiger charge is 2.32. The van der Waals surface area contributed by atoms with Gasteiger partial charge in [-0.15, -0.1) is 11.3 Å². The van der Waals surface area contributed by atoms with Gasteiger partial charge in [-0.3, -0.25) is 0 Å². The van der Waals surface area contributed by atoms with E-state index in [4.69, 9.17) is 49.0 Å². The van der Waals surface area contributed by atoms with Crippen molar-refractivity contribution in [3.05, 3.63) is 69.7 Å². The van der Waals surface area contributed by atoms with Gasteiger partial charge in [0.15, 0.2) is 5.16 Å². The first-order chi connectivity index (χ1) is 18.2. The van der Waals surface area contributed by atoms with E-state index in [0.29, 0.717) is 16.2 Å². The Bertz CT molecular complexity index is 1620. The van der Waals surface area contributed by atoms with Gasteiger partial charge in [0.25, 0.3) is 9.68 Å². The van der Waals surface area contributed by atoms with Crippen LogP contribution in [-0.4, -0.2) is 38.9 Å². The van der Waals surface area contributed by atoms with Gasteiger partial charge in [-0.25, -0.2) is 9.78 Å². The van der Waals surface area contributed by atoms with E-state index in [2.05, 4.69) is 35.0 Å². The largest absolute Gasteiger partial charge is 0.465 e. The predicted molar refractivity (Wildman–Crippen MR) is 154 cm³/mol. The Kier molecular flexibility index (Phi) is 7.75. The number of fused-ring (bicyclic) bond motifs is 1. The number of aromatic nitrogens is 4. The summed E-state index contributed by atoms with van der Waals surface area (Å²) in [5.41, 5.74) is 5.09. The van der Waals surface area contributed by atoms with Crippen LogP contribution in [0.4, 0.5) is 0 Å². The fourth-order valence-corrected chi connectivity index (χ4v) is 6.28. The van der Waals surface area contributed by atoms with E-state index in [0.717, 1.165) is 43.6 Å². The van der Waals surface area contributed by atoms with Crippen LogP contribution in [-0.2, 0) is 8.53 Å². The van der Waals surface area contributed by atoms with Crippen LogP contribution in [0.15, 0.2) is 58.2 Å². The first-order valence-electron chi connectivity index (χ1n) is 11.6. The van der Waals surface area contributed by atoms with Crippen molar-refractivity contribution < 1.29 is 14.1 Å². The molecule has 0 amide bonds. The van der Waals surface area contributed by atoms with Crippen LogP contribution >= 0.6 is 57.9 Å². The molecule has 2 aromatic carbocycles. The number of nitrogens with one attached hydrogen (secondary N) is 1. The smallest absolute Gasteiger partial charge is 0.350 e. The first kappa shape index (κ1) is 27.0. The Hall–Kier alpha value is -2.56. The molecule has 0 aliphatic rings. The molecule has 0 bridgehead atoms. The molecular weight excluding hydrogens is 587 g/mol. The summed E-state index contributed by atoms with van der Waals surface area (Å²) < 4.78 is 8.45. The minimum absolute atomic E-state index is 0.102. The number of rotatable bonds is 7. The summed E-state index contributed by atoms with van der Waals surface area (Å²) in [6.45, 7) is 4.16. The SMILES string of the molecule is CCSc1nc2c(C(C)c3ccccc3-c3ccccc3-c3noc(C(Cl)(Cl)Cl)n3)sc(C(=O)OC)c2[nH]1. The van der Waals surface area contributed by atoms with Crippen molar-refractivity contribution >= 4 is 74.9 Å². The summed E-state index contributed by atoms with van der Waals surface area (Å²) >= 11 is 20.8. The second kappa shape index (κ2) is 10.9. The van der Waals surface area contributed by atoms with Gasteiger partial charge in [-0.05, 0) is 22.4 Å². The third-order valence-electron chi connectivity index (χ3n) is 5.95. The Morgan fingerprint density at radius 2 is 1.79 bits per heavy atom. The van der Waals surface area contributed by atoms with E-state index < -0.39 is 9.76 Å². The lowest BCUT2D eigenvalue weighted by Gasteiger charge is -2.17. The number of esters is 1. The van der Waals surface area contributed by atoms with E-state index in [-0.39, 0.29) is 11.8 Å². The summed E-state index contributed by atoms with van der Waals surface area (Å²) in [6, 6.07) is 15.8. The maximum absolute atomic E-state index is 12.6. The summed E-state index contributed by atoms with van der Waals surface area (Å²) in [5, 5.41) is 4.83. The lowest BCUT2D eigenvalue weighted by Crippen LogP contribution is -2.00. The number of nitrogens with zero attached hydrogens (tertiary/aromatic N) is 3. The molecular formula is C26H21Cl3N4O3S2. The molecule has 1 unspecified atom stereocenters. The third kappa shape index (κ3) is 5.05. The van der Waals surface area contributed by atoms with Crippen molar-refractivity contribution in [2.75, 3.05) is 12.9 Å².